The molecule has 0 bridgehead atoms. The van der Waals surface area contributed by atoms with Crippen LogP contribution in [0.3, 0.4) is 0 Å². The second-order valence-corrected chi connectivity index (χ2v) is 6.97. The van der Waals surface area contributed by atoms with Crippen molar-refractivity contribution < 1.29 is 0 Å². The highest BCUT2D eigenvalue weighted by atomic mass is 28.1. The van der Waals surface area contributed by atoms with Crippen LogP contribution in [0.5, 0.6) is 0 Å². The topological polar surface area (TPSA) is 0 Å². The fraction of sp³-hybridized carbons (Fsp3) is 1.00. The van der Waals surface area contributed by atoms with Gasteiger partial charge in [-0.1, -0.05) is 40.5 Å². The van der Waals surface area contributed by atoms with E-state index in [-0.39, 0.29) is 10.1 Å². The van der Waals surface area contributed by atoms with Crippen LogP contribution >= 0.6 is 0 Å². The van der Waals surface area contributed by atoms with Crippen molar-refractivity contribution in [3.8, 4) is 0 Å². The van der Waals surface area contributed by atoms with Crippen LogP contribution in [-0.4, -0.2) is 20.5 Å². The van der Waals surface area contributed by atoms with Gasteiger partial charge in [-0.2, -0.15) is 0 Å². The van der Waals surface area contributed by atoms with Crippen LogP contribution in [-0.2, 0) is 0 Å². The Morgan fingerprint density at radius 1 is 0.800 bits per heavy atom. The Bertz CT molecular complexity index is 80.8. The Kier molecular flexibility index (Phi) is 3.36. The largest absolute Gasteiger partial charge is 0.0631 e. The molecule has 0 aromatic heterocycles. The third-order valence-electron chi connectivity index (χ3n) is 1.37. The van der Waals surface area contributed by atoms with Gasteiger partial charge in [0, 0.05) is 20.5 Å². The summed E-state index contributed by atoms with van der Waals surface area (Å²) >= 11 is 0. The zero-order chi connectivity index (χ0) is 8.41. The average molecular weight is 168 g/mol. The lowest BCUT2D eigenvalue weighted by molar-refractivity contribution is 0.504. The Hall–Kier alpha value is 0.434. The molecule has 0 N–H and O–H groups in total. The molecule has 0 atom stereocenters. The minimum Gasteiger partial charge on any atom is -0.0631 e. The van der Waals surface area contributed by atoms with Crippen molar-refractivity contribution in [2.75, 3.05) is 0 Å². The van der Waals surface area contributed by atoms with Crippen LogP contribution in [0.2, 0.25) is 10.1 Å². The van der Waals surface area contributed by atoms with E-state index in [1.54, 1.807) is 0 Å². The van der Waals surface area contributed by atoms with E-state index in [9.17, 15) is 0 Å². The molecule has 0 fully saturated rings. The lowest BCUT2D eigenvalue weighted by atomic mass is 9.99. The van der Waals surface area contributed by atoms with E-state index in [2.05, 4.69) is 48.2 Å². The van der Waals surface area contributed by atoms with Gasteiger partial charge >= 0.3 is 0 Å². The Morgan fingerprint density at radius 2 is 1.00 bits per heavy atom. The summed E-state index contributed by atoms with van der Waals surface area (Å²) in [7, 11) is 7.32. The van der Waals surface area contributed by atoms with E-state index in [0.29, 0.717) is 0 Å². The third kappa shape index (κ3) is 8.43. The van der Waals surface area contributed by atoms with Crippen molar-refractivity contribution in [2.24, 2.45) is 0 Å². The van der Waals surface area contributed by atoms with Gasteiger partial charge in [0.25, 0.3) is 0 Å². The summed E-state index contributed by atoms with van der Waals surface area (Å²) in [6.07, 6.45) is 2.39. The van der Waals surface area contributed by atoms with Crippen molar-refractivity contribution >= 4 is 20.5 Å². The van der Waals surface area contributed by atoms with E-state index in [1.807, 2.05) is 0 Å². The Morgan fingerprint density at radius 3 is 1.10 bits per heavy atom. The molecule has 0 saturated carbocycles. The van der Waals surface area contributed by atoms with E-state index in [4.69, 9.17) is 0 Å². The predicted molar refractivity (Wildman–Crippen MR) is 48.8 cm³/mol. The van der Waals surface area contributed by atoms with E-state index in [1.165, 1.54) is 12.8 Å². The van der Waals surface area contributed by atoms with Gasteiger partial charge in [-0.3, -0.25) is 0 Å². The summed E-state index contributed by atoms with van der Waals surface area (Å²) in [5.41, 5.74) is 0. The summed E-state index contributed by atoms with van der Waals surface area (Å²) in [4.78, 5) is 0. The van der Waals surface area contributed by atoms with Gasteiger partial charge in [-0.25, -0.2) is 0 Å². The minimum absolute atomic E-state index is 0.282. The molecule has 0 aliphatic carbocycles. The summed E-state index contributed by atoms with van der Waals surface area (Å²) in [5.74, 6) is 0. The quantitative estimate of drug-likeness (QED) is 0.568. The normalized spacial score (nSPS) is 13.8. The fourth-order valence-electron chi connectivity index (χ4n) is 0.625. The van der Waals surface area contributed by atoms with Gasteiger partial charge < -0.3 is 0 Å². The van der Waals surface area contributed by atoms with Gasteiger partial charge in [0.1, 0.15) is 0 Å². The van der Waals surface area contributed by atoms with E-state index in [0.717, 1.165) is 0 Å². The molecule has 0 aliphatic rings. The number of rotatable bonds is 3. The molecule has 6 radical (unpaired) electrons. The van der Waals surface area contributed by atoms with Gasteiger partial charge in [0.05, 0.1) is 0 Å². The van der Waals surface area contributed by atoms with Crippen molar-refractivity contribution in [1.29, 1.82) is 0 Å². The maximum atomic E-state index is 3.66. The van der Waals surface area contributed by atoms with Crippen LogP contribution in [0.15, 0.2) is 0 Å². The smallest absolute Gasteiger partial charge is 0.0305 e. The first kappa shape index (κ1) is 10.4. The standard InChI is InChI=1S/C8H16Si2/c1-7(2,9)5-6-8(3,4)10/h5-6H2,1-4H3. The molecule has 0 unspecified atom stereocenters. The lowest BCUT2D eigenvalue weighted by Gasteiger charge is -2.24. The molecule has 0 saturated heterocycles. The summed E-state index contributed by atoms with van der Waals surface area (Å²) in [6, 6.07) is 0. The number of hydrogen-bond acceptors (Lipinski definition) is 0. The SMILES string of the molecule is CC(C)([Si])CCC(C)(C)[Si]. The first-order chi connectivity index (χ1) is 4.21. The van der Waals surface area contributed by atoms with Crippen LogP contribution in [0, 0.1) is 0 Å². The second kappa shape index (κ2) is 3.22. The first-order valence-corrected chi connectivity index (χ1v) is 4.71. The maximum absolute atomic E-state index is 3.66. The van der Waals surface area contributed by atoms with Crippen LogP contribution in [0.1, 0.15) is 40.5 Å². The van der Waals surface area contributed by atoms with Crippen molar-refractivity contribution in [2.45, 2.75) is 50.6 Å². The first-order valence-electron chi connectivity index (χ1n) is 3.71. The molecule has 0 amide bonds. The summed E-state index contributed by atoms with van der Waals surface area (Å²) < 4.78 is 0. The van der Waals surface area contributed by atoms with Gasteiger partial charge in [-0.15, -0.1) is 0 Å². The zero-order valence-corrected chi connectivity index (χ0v) is 9.41. The number of hydrogen-bond donors (Lipinski definition) is 0. The lowest BCUT2D eigenvalue weighted by Crippen LogP contribution is -2.08. The molecule has 0 aromatic carbocycles. The molecule has 0 aliphatic heterocycles. The summed E-state index contributed by atoms with van der Waals surface area (Å²) in [6.45, 7) is 8.79. The van der Waals surface area contributed by atoms with Crippen molar-refractivity contribution in [3.63, 3.8) is 0 Å². The van der Waals surface area contributed by atoms with Gasteiger partial charge in [0.2, 0.25) is 0 Å². The van der Waals surface area contributed by atoms with E-state index >= 15 is 0 Å². The third-order valence-corrected chi connectivity index (χ3v) is 1.87. The van der Waals surface area contributed by atoms with Crippen LogP contribution in [0.25, 0.3) is 0 Å². The summed E-state index contributed by atoms with van der Waals surface area (Å²) in [5, 5.41) is 0.563. The Labute approximate surface area is 71.6 Å². The van der Waals surface area contributed by atoms with Crippen molar-refractivity contribution in [3.05, 3.63) is 0 Å². The Balaban J connectivity index is 3.56. The fourth-order valence-corrected chi connectivity index (χ4v) is 0.875. The molecule has 56 valence electrons. The monoisotopic (exact) mass is 168 g/mol. The zero-order valence-electron chi connectivity index (χ0n) is 7.41. The predicted octanol–water partition coefficient (Wildman–Crippen LogP) is 2.50. The average Bonchev–Trinajstić information content (AvgIpc) is 1.57. The molecular formula is C8H16Si2. The van der Waals surface area contributed by atoms with Crippen LogP contribution in [0.4, 0.5) is 0 Å². The highest BCUT2D eigenvalue weighted by Gasteiger charge is 2.16. The van der Waals surface area contributed by atoms with E-state index < -0.39 is 0 Å². The van der Waals surface area contributed by atoms with Gasteiger partial charge in [0.15, 0.2) is 0 Å². The highest BCUT2D eigenvalue weighted by Crippen LogP contribution is 2.34. The minimum atomic E-state index is 0.282. The molecule has 0 aromatic rings. The van der Waals surface area contributed by atoms with Crippen LogP contribution < -0.4 is 0 Å². The molecular weight excluding hydrogens is 152 g/mol. The molecule has 0 nitrogen and oxygen atoms in total. The van der Waals surface area contributed by atoms with Gasteiger partial charge in [-0.05, 0) is 10.1 Å². The molecule has 2 heteroatoms. The molecule has 0 spiro atoms. The molecule has 0 rings (SSSR count). The maximum Gasteiger partial charge on any atom is 0.0305 e. The molecule has 0 heterocycles. The highest BCUT2D eigenvalue weighted by molar-refractivity contribution is 6.15. The van der Waals surface area contributed by atoms with Crippen molar-refractivity contribution in [1.82, 2.24) is 0 Å². The second-order valence-electron chi connectivity index (χ2n) is 4.27. The molecule has 10 heavy (non-hydrogen) atoms.